The maximum absolute atomic E-state index is 13.3. The number of hydrogen-bond donors (Lipinski definition) is 0. The highest BCUT2D eigenvalue weighted by atomic mass is 32.2. The summed E-state index contributed by atoms with van der Waals surface area (Å²) in [6.07, 6.45) is 8.81. The maximum atomic E-state index is 13.3. The molecule has 1 saturated heterocycles. The van der Waals surface area contributed by atoms with Crippen molar-refractivity contribution in [3.05, 3.63) is 58.5 Å². The topological polar surface area (TPSA) is 60.3 Å². The van der Waals surface area contributed by atoms with Gasteiger partial charge in [0.2, 0.25) is 0 Å². The third-order valence-corrected chi connectivity index (χ3v) is 6.14. The van der Waals surface area contributed by atoms with Crippen LogP contribution in [0, 0.1) is 0 Å². The van der Waals surface area contributed by atoms with Crippen LogP contribution in [0.1, 0.15) is 42.0 Å². The van der Waals surface area contributed by atoms with Gasteiger partial charge in [-0.25, -0.2) is 4.68 Å². The normalized spacial score (nSPS) is 19.9. The molecule has 0 unspecified atom stereocenters. The van der Waals surface area contributed by atoms with Crippen LogP contribution in [-0.4, -0.2) is 51.9 Å². The first-order valence-corrected chi connectivity index (χ1v) is 10.6. The Kier molecular flexibility index (Phi) is 5.64. The summed E-state index contributed by atoms with van der Waals surface area (Å²) in [6, 6.07) is 3.87. The smallest absolute Gasteiger partial charge is 0.274 e. The zero-order valence-corrected chi connectivity index (χ0v) is 17.0. The van der Waals surface area contributed by atoms with Gasteiger partial charge in [-0.15, -0.1) is 11.8 Å². The van der Waals surface area contributed by atoms with Crippen molar-refractivity contribution in [3.8, 4) is 5.69 Å². The number of pyridine rings is 1. The standard InChI is InChI=1S/C21H24N4O2S/c1-3-6-16-18(4-2)28-14-17-19(21(26)24-9-11-27-12-10-24)23-25(20(16)17)15-7-5-8-22-13-15/h4-8,13H,3,9-12,14H2,1-2H3/b16-6+,18-4+. The molecule has 1 fully saturated rings. The Bertz CT molecular complexity index is 927. The van der Waals surface area contributed by atoms with Crippen LogP contribution in [0.4, 0.5) is 0 Å². The number of nitrogens with zero attached hydrogens (tertiary/aromatic N) is 4. The lowest BCUT2D eigenvalue weighted by molar-refractivity contribution is 0.0298. The molecule has 2 aromatic rings. The predicted octanol–water partition coefficient (Wildman–Crippen LogP) is 3.68. The highest BCUT2D eigenvalue weighted by molar-refractivity contribution is 8.03. The molecule has 2 aromatic heterocycles. The van der Waals surface area contributed by atoms with E-state index in [9.17, 15) is 4.79 Å². The summed E-state index contributed by atoms with van der Waals surface area (Å²) < 4.78 is 7.29. The highest BCUT2D eigenvalue weighted by Crippen LogP contribution is 2.44. The molecule has 0 aliphatic carbocycles. The Labute approximate surface area is 169 Å². The van der Waals surface area contributed by atoms with Gasteiger partial charge in [0, 0.05) is 41.1 Å². The number of carbonyl (C=O) groups is 1. The molecule has 7 heteroatoms. The molecule has 6 nitrogen and oxygen atoms in total. The minimum Gasteiger partial charge on any atom is -0.378 e. The molecule has 0 atom stereocenters. The lowest BCUT2D eigenvalue weighted by Gasteiger charge is -2.26. The molecule has 4 heterocycles. The average Bonchev–Trinajstić information content (AvgIpc) is 3.15. The number of hydrogen-bond acceptors (Lipinski definition) is 5. The summed E-state index contributed by atoms with van der Waals surface area (Å²) >= 11 is 1.77. The number of fused-ring (bicyclic) bond motifs is 1. The number of rotatable bonds is 3. The van der Waals surface area contributed by atoms with Crippen molar-refractivity contribution >= 4 is 23.2 Å². The second kappa shape index (κ2) is 8.32. The average molecular weight is 397 g/mol. The molecule has 2 aliphatic heterocycles. The maximum Gasteiger partial charge on any atom is 0.274 e. The number of aromatic nitrogens is 3. The van der Waals surface area contributed by atoms with Crippen molar-refractivity contribution < 1.29 is 9.53 Å². The Balaban J connectivity index is 1.88. The van der Waals surface area contributed by atoms with Crippen molar-refractivity contribution in [2.24, 2.45) is 0 Å². The largest absolute Gasteiger partial charge is 0.378 e. The molecular formula is C21H24N4O2S. The minimum atomic E-state index is -0.0115. The summed E-state index contributed by atoms with van der Waals surface area (Å²) in [5, 5.41) is 4.80. The number of allylic oxidation sites excluding steroid dienone is 3. The van der Waals surface area contributed by atoms with Crippen LogP contribution in [0.3, 0.4) is 0 Å². The van der Waals surface area contributed by atoms with Gasteiger partial charge in [-0.1, -0.05) is 19.1 Å². The number of morpholine rings is 1. The van der Waals surface area contributed by atoms with Crippen LogP contribution in [-0.2, 0) is 10.5 Å². The SMILES string of the molecule is C/C=C1/SCc2c(C(=O)N3CCOCC3)nn(-c3cccnc3)c2/C1=C/CC. The van der Waals surface area contributed by atoms with E-state index < -0.39 is 0 Å². The van der Waals surface area contributed by atoms with E-state index in [1.165, 1.54) is 4.91 Å². The van der Waals surface area contributed by atoms with E-state index >= 15 is 0 Å². The molecule has 4 rings (SSSR count). The fraction of sp³-hybridized carbons (Fsp3) is 0.381. The first-order chi connectivity index (χ1) is 13.7. The van der Waals surface area contributed by atoms with Crippen LogP contribution in [0.5, 0.6) is 0 Å². The number of ether oxygens (including phenoxy) is 1. The van der Waals surface area contributed by atoms with Crippen LogP contribution in [0.25, 0.3) is 11.3 Å². The van der Waals surface area contributed by atoms with Gasteiger partial charge < -0.3 is 9.64 Å². The molecule has 0 radical (unpaired) electrons. The quantitative estimate of drug-likeness (QED) is 0.792. The van der Waals surface area contributed by atoms with Crippen molar-refractivity contribution in [1.82, 2.24) is 19.7 Å². The van der Waals surface area contributed by atoms with E-state index in [0.29, 0.717) is 32.0 Å². The van der Waals surface area contributed by atoms with Gasteiger partial charge in [-0.2, -0.15) is 5.10 Å². The molecule has 0 spiro atoms. The van der Waals surface area contributed by atoms with Gasteiger partial charge in [0.1, 0.15) is 0 Å². The van der Waals surface area contributed by atoms with Crippen LogP contribution in [0.2, 0.25) is 0 Å². The first-order valence-electron chi connectivity index (χ1n) is 9.64. The number of carbonyl (C=O) groups excluding carboxylic acids is 1. The lowest BCUT2D eigenvalue weighted by atomic mass is 10.0. The van der Waals surface area contributed by atoms with Crippen molar-refractivity contribution in [2.75, 3.05) is 26.3 Å². The molecule has 146 valence electrons. The first kappa shape index (κ1) is 19.0. The molecule has 1 amide bonds. The molecule has 0 bridgehead atoms. The number of amides is 1. The number of thioether (sulfide) groups is 1. The monoisotopic (exact) mass is 396 g/mol. The van der Waals surface area contributed by atoms with E-state index in [1.807, 2.05) is 21.7 Å². The fourth-order valence-corrected chi connectivity index (χ4v) is 4.68. The molecule has 0 aromatic carbocycles. The van der Waals surface area contributed by atoms with E-state index in [2.05, 4.69) is 31.0 Å². The van der Waals surface area contributed by atoms with Gasteiger partial charge >= 0.3 is 0 Å². The van der Waals surface area contributed by atoms with Crippen LogP contribution >= 0.6 is 11.8 Å². The highest BCUT2D eigenvalue weighted by Gasteiger charge is 2.32. The lowest BCUT2D eigenvalue weighted by Crippen LogP contribution is -2.41. The fourth-order valence-electron chi connectivity index (χ4n) is 3.60. The third-order valence-electron chi connectivity index (χ3n) is 4.94. The summed E-state index contributed by atoms with van der Waals surface area (Å²) in [5.74, 6) is 0.726. The summed E-state index contributed by atoms with van der Waals surface area (Å²) in [6.45, 7) is 6.56. The van der Waals surface area contributed by atoms with Gasteiger partial charge in [0.25, 0.3) is 5.91 Å². The Morgan fingerprint density at radius 2 is 2.18 bits per heavy atom. The van der Waals surface area contributed by atoms with Crippen LogP contribution < -0.4 is 0 Å². The summed E-state index contributed by atoms with van der Waals surface area (Å²) in [4.78, 5) is 20.6. The van der Waals surface area contributed by atoms with Gasteiger partial charge in [0.05, 0.1) is 30.8 Å². The molecule has 2 aliphatic rings. The second-order valence-electron chi connectivity index (χ2n) is 6.67. The zero-order valence-electron chi connectivity index (χ0n) is 16.2. The molecule has 0 N–H and O–H groups in total. The predicted molar refractivity (Wildman–Crippen MR) is 111 cm³/mol. The van der Waals surface area contributed by atoms with Gasteiger partial charge in [0.15, 0.2) is 5.69 Å². The van der Waals surface area contributed by atoms with Crippen molar-refractivity contribution in [3.63, 3.8) is 0 Å². The van der Waals surface area contributed by atoms with Crippen molar-refractivity contribution in [2.45, 2.75) is 26.0 Å². The van der Waals surface area contributed by atoms with E-state index in [4.69, 9.17) is 9.84 Å². The van der Waals surface area contributed by atoms with E-state index in [1.54, 1.807) is 24.2 Å². The zero-order chi connectivity index (χ0) is 19.5. The third kappa shape index (κ3) is 3.40. The minimum absolute atomic E-state index is 0.0115. The summed E-state index contributed by atoms with van der Waals surface area (Å²) in [5.41, 5.74) is 4.58. The van der Waals surface area contributed by atoms with E-state index in [-0.39, 0.29) is 5.91 Å². The van der Waals surface area contributed by atoms with Crippen molar-refractivity contribution in [1.29, 1.82) is 0 Å². The Hall–Kier alpha value is -2.38. The second-order valence-corrected chi connectivity index (χ2v) is 7.69. The molecular weight excluding hydrogens is 372 g/mol. The Morgan fingerprint density at radius 3 is 2.86 bits per heavy atom. The molecule has 0 saturated carbocycles. The van der Waals surface area contributed by atoms with E-state index in [0.717, 1.165) is 34.7 Å². The van der Waals surface area contributed by atoms with Gasteiger partial charge in [-0.3, -0.25) is 9.78 Å². The summed E-state index contributed by atoms with van der Waals surface area (Å²) in [7, 11) is 0. The van der Waals surface area contributed by atoms with Gasteiger partial charge in [-0.05, 0) is 25.5 Å². The Morgan fingerprint density at radius 1 is 1.36 bits per heavy atom. The van der Waals surface area contributed by atoms with Crippen LogP contribution in [0.15, 0.2) is 41.6 Å². The molecule has 28 heavy (non-hydrogen) atoms.